The van der Waals surface area contributed by atoms with Gasteiger partial charge in [0.05, 0.1) is 5.67 Å². The third-order valence-corrected chi connectivity index (χ3v) is 8.00. The zero-order valence-electron chi connectivity index (χ0n) is 13.3. The molecule has 0 aromatic rings. The highest BCUT2D eigenvalue weighted by atomic mass is 28.4. The normalized spacial score (nSPS) is 31.1. The molecule has 2 fully saturated rings. The molecule has 0 aromatic carbocycles. The summed E-state index contributed by atoms with van der Waals surface area (Å²) in [6.07, 6.45) is 7.87. The molecular formula is C15H31NO3Si. The Hall–Kier alpha value is 0.0569. The van der Waals surface area contributed by atoms with Gasteiger partial charge in [-0.25, -0.2) is 0 Å². The van der Waals surface area contributed by atoms with E-state index in [4.69, 9.17) is 13.3 Å². The lowest BCUT2D eigenvalue weighted by molar-refractivity contribution is 0.0442. The minimum absolute atomic E-state index is 0.279. The molecule has 3 unspecified atom stereocenters. The van der Waals surface area contributed by atoms with Gasteiger partial charge in [-0.15, -0.1) is 0 Å². The quantitative estimate of drug-likeness (QED) is 0.734. The Morgan fingerprint density at radius 3 is 2.05 bits per heavy atom. The fourth-order valence-electron chi connectivity index (χ4n) is 3.80. The first-order chi connectivity index (χ1) is 9.75. The van der Waals surface area contributed by atoms with Gasteiger partial charge in [0.2, 0.25) is 0 Å². The number of hydrogen-bond acceptors (Lipinski definition) is 4. The zero-order valence-corrected chi connectivity index (χ0v) is 14.3. The van der Waals surface area contributed by atoms with Crippen molar-refractivity contribution in [3.8, 4) is 0 Å². The molecule has 2 aliphatic rings. The van der Waals surface area contributed by atoms with Crippen LogP contribution in [0.2, 0.25) is 0 Å². The molecule has 1 aliphatic carbocycles. The lowest BCUT2D eigenvalue weighted by atomic mass is 9.79. The Morgan fingerprint density at radius 1 is 0.850 bits per heavy atom. The van der Waals surface area contributed by atoms with Gasteiger partial charge >= 0.3 is 8.80 Å². The van der Waals surface area contributed by atoms with Crippen molar-refractivity contribution in [2.24, 2.45) is 5.92 Å². The van der Waals surface area contributed by atoms with Crippen molar-refractivity contribution in [3.05, 3.63) is 0 Å². The fourth-order valence-corrected chi connectivity index (χ4v) is 6.80. The molecule has 3 atom stereocenters. The summed E-state index contributed by atoms with van der Waals surface area (Å²) >= 11 is 0. The van der Waals surface area contributed by atoms with E-state index < -0.39 is 8.80 Å². The Labute approximate surface area is 124 Å². The molecule has 20 heavy (non-hydrogen) atoms. The van der Waals surface area contributed by atoms with E-state index in [1.807, 2.05) is 20.8 Å². The van der Waals surface area contributed by atoms with E-state index in [0.717, 1.165) is 12.3 Å². The molecule has 2 rings (SSSR count). The molecule has 118 valence electrons. The average Bonchev–Trinajstić information content (AvgIpc) is 2.47. The molecule has 0 bridgehead atoms. The molecule has 1 aliphatic heterocycles. The summed E-state index contributed by atoms with van der Waals surface area (Å²) in [4.78, 5) is 0. The van der Waals surface area contributed by atoms with Gasteiger partial charge < -0.3 is 18.6 Å². The van der Waals surface area contributed by atoms with Crippen LogP contribution in [0.4, 0.5) is 0 Å². The van der Waals surface area contributed by atoms with Gasteiger partial charge in [-0.1, -0.05) is 12.8 Å². The van der Waals surface area contributed by atoms with Crippen LogP contribution in [0, 0.1) is 5.92 Å². The standard InChI is InChI=1S/C15H31NO3Si/c1-4-17-20(18-5-2,19-6-3)15-12-11-13-9-7-8-10-14(13)16-15/h13-16H,4-12H2,1-3H3. The second-order valence-corrected chi connectivity index (χ2v) is 8.62. The van der Waals surface area contributed by atoms with Crippen molar-refractivity contribution < 1.29 is 13.3 Å². The zero-order chi connectivity index (χ0) is 14.4. The van der Waals surface area contributed by atoms with Gasteiger partial charge in [0.25, 0.3) is 0 Å². The highest BCUT2D eigenvalue weighted by molar-refractivity contribution is 6.62. The number of piperidine rings is 1. The second-order valence-electron chi connectivity index (χ2n) is 5.85. The minimum atomic E-state index is -2.58. The molecule has 0 amide bonds. The van der Waals surface area contributed by atoms with E-state index in [9.17, 15) is 0 Å². The van der Waals surface area contributed by atoms with Crippen molar-refractivity contribution >= 4 is 8.80 Å². The predicted molar refractivity (Wildman–Crippen MR) is 82.5 cm³/mol. The van der Waals surface area contributed by atoms with E-state index in [0.29, 0.717) is 25.9 Å². The number of fused-ring (bicyclic) bond motifs is 1. The highest BCUT2D eigenvalue weighted by Gasteiger charge is 2.52. The molecule has 0 spiro atoms. The fraction of sp³-hybridized carbons (Fsp3) is 1.00. The summed E-state index contributed by atoms with van der Waals surface area (Å²) in [5.41, 5.74) is 0.279. The Balaban J connectivity index is 2.07. The summed E-state index contributed by atoms with van der Waals surface area (Å²) in [6, 6.07) is 0.649. The van der Waals surface area contributed by atoms with Crippen LogP contribution in [0.15, 0.2) is 0 Å². The molecule has 5 heteroatoms. The Morgan fingerprint density at radius 2 is 1.45 bits per heavy atom. The number of nitrogens with one attached hydrogen (secondary N) is 1. The van der Waals surface area contributed by atoms with Crippen LogP contribution in [-0.4, -0.2) is 40.3 Å². The maximum atomic E-state index is 6.06. The number of hydrogen-bond donors (Lipinski definition) is 1. The van der Waals surface area contributed by atoms with Gasteiger partial charge in [0, 0.05) is 25.9 Å². The van der Waals surface area contributed by atoms with Crippen molar-refractivity contribution in [2.75, 3.05) is 19.8 Å². The lowest BCUT2D eigenvalue weighted by Gasteiger charge is -2.45. The van der Waals surface area contributed by atoms with Gasteiger partial charge in [-0.2, -0.15) is 0 Å². The van der Waals surface area contributed by atoms with Crippen LogP contribution in [0.25, 0.3) is 0 Å². The van der Waals surface area contributed by atoms with Crippen LogP contribution >= 0.6 is 0 Å². The predicted octanol–water partition coefficient (Wildman–Crippen LogP) is 2.88. The molecule has 0 radical (unpaired) electrons. The van der Waals surface area contributed by atoms with Crippen LogP contribution in [0.3, 0.4) is 0 Å². The van der Waals surface area contributed by atoms with E-state index in [1.165, 1.54) is 32.1 Å². The smallest absolute Gasteiger partial charge is 0.373 e. The average molecular weight is 302 g/mol. The Bertz CT molecular complexity index is 273. The van der Waals surface area contributed by atoms with Crippen LogP contribution in [-0.2, 0) is 13.3 Å². The van der Waals surface area contributed by atoms with Crippen molar-refractivity contribution in [2.45, 2.75) is 71.0 Å². The van der Waals surface area contributed by atoms with Gasteiger partial charge in [-0.05, 0) is 52.4 Å². The summed E-state index contributed by atoms with van der Waals surface area (Å²) in [5, 5.41) is 3.84. The van der Waals surface area contributed by atoms with Crippen LogP contribution < -0.4 is 5.32 Å². The minimum Gasteiger partial charge on any atom is -0.373 e. The molecular weight excluding hydrogens is 270 g/mol. The molecule has 1 saturated carbocycles. The van der Waals surface area contributed by atoms with E-state index >= 15 is 0 Å². The molecule has 0 aromatic heterocycles. The van der Waals surface area contributed by atoms with Crippen molar-refractivity contribution in [3.63, 3.8) is 0 Å². The third-order valence-electron chi connectivity index (χ3n) is 4.61. The SMILES string of the molecule is CCO[Si](OCC)(OCC)C1CCC2CCCCC2N1. The summed E-state index contributed by atoms with van der Waals surface area (Å²) < 4.78 is 18.2. The van der Waals surface area contributed by atoms with Crippen molar-refractivity contribution in [1.29, 1.82) is 0 Å². The largest absolute Gasteiger partial charge is 0.518 e. The van der Waals surface area contributed by atoms with Gasteiger partial charge in [-0.3, -0.25) is 0 Å². The lowest BCUT2D eigenvalue weighted by Crippen LogP contribution is -2.66. The topological polar surface area (TPSA) is 39.7 Å². The third kappa shape index (κ3) is 3.63. The number of rotatable bonds is 7. The van der Waals surface area contributed by atoms with E-state index in [-0.39, 0.29) is 5.67 Å². The van der Waals surface area contributed by atoms with Crippen molar-refractivity contribution in [1.82, 2.24) is 5.32 Å². The second kappa shape index (κ2) is 7.89. The highest BCUT2D eigenvalue weighted by Crippen LogP contribution is 2.35. The molecule has 1 heterocycles. The van der Waals surface area contributed by atoms with Crippen LogP contribution in [0.5, 0.6) is 0 Å². The first kappa shape index (κ1) is 16.4. The molecule has 1 N–H and O–H groups in total. The van der Waals surface area contributed by atoms with Gasteiger partial charge in [0.1, 0.15) is 0 Å². The van der Waals surface area contributed by atoms with Crippen LogP contribution in [0.1, 0.15) is 59.3 Å². The first-order valence-electron chi connectivity index (χ1n) is 8.43. The molecule has 1 saturated heterocycles. The monoisotopic (exact) mass is 301 g/mol. The maximum absolute atomic E-state index is 6.06. The molecule has 4 nitrogen and oxygen atoms in total. The van der Waals surface area contributed by atoms with Gasteiger partial charge in [0.15, 0.2) is 0 Å². The summed E-state index contributed by atoms with van der Waals surface area (Å²) in [6.45, 7) is 8.10. The van der Waals surface area contributed by atoms with E-state index in [1.54, 1.807) is 0 Å². The summed E-state index contributed by atoms with van der Waals surface area (Å²) in [5.74, 6) is 0.858. The van der Waals surface area contributed by atoms with E-state index in [2.05, 4.69) is 5.32 Å². The maximum Gasteiger partial charge on any atom is 0.518 e. The summed E-state index contributed by atoms with van der Waals surface area (Å²) in [7, 11) is -2.58. The first-order valence-corrected chi connectivity index (χ1v) is 10.2. The Kier molecular flexibility index (Phi) is 6.48.